The summed E-state index contributed by atoms with van der Waals surface area (Å²) < 4.78 is 44.7. The van der Waals surface area contributed by atoms with Crippen molar-refractivity contribution in [2.45, 2.75) is 0 Å². The lowest BCUT2D eigenvalue weighted by atomic mass is 10.3. The van der Waals surface area contributed by atoms with E-state index < -0.39 is 14.6 Å². The largest absolute Gasteiger partial charge is 0.493 e. The van der Waals surface area contributed by atoms with Gasteiger partial charge in [0.1, 0.15) is 0 Å². The van der Waals surface area contributed by atoms with Crippen LogP contribution in [0, 0.1) is 0 Å². The van der Waals surface area contributed by atoms with E-state index in [1.54, 1.807) is 36.9 Å². The van der Waals surface area contributed by atoms with E-state index in [0.717, 1.165) is 0 Å². The number of ether oxygens (including phenoxy) is 2. The smallest absolute Gasteiger partial charge is 0.235 e. The first kappa shape index (κ1) is 26.6. The Hall–Kier alpha value is -4.04. The molecular formula is C32H29NO4P2. The summed E-state index contributed by atoms with van der Waals surface area (Å²) in [6, 6.07) is 42.3. The average molecular weight is 554 g/mol. The molecule has 5 nitrogen and oxygen atoms in total. The second-order valence-corrected chi connectivity index (χ2v) is 14.3. The van der Waals surface area contributed by atoms with Crippen molar-refractivity contribution in [2.24, 2.45) is 0 Å². The Balaban J connectivity index is 1.94. The van der Waals surface area contributed by atoms with Crippen LogP contribution in [0.2, 0.25) is 0 Å². The standard InChI is InChI=1S/C32H29NO4P2/c1-36-31-24-23-26(25-32(31)37-2)33(38(34,27-15-7-3-8-16-27)28-17-9-4-10-18-28)39(35,29-19-11-5-12-20-29)30-21-13-6-14-22-30/h3-25H,1-2H3. The SMILES string of the molecule is COc1ccc(N(P(=O)(c2ccccc2)c2ccccc2)P(=O)(c2ccccc2)c2ccccc2)cc1OC. The van der Waals surface area contributed by atoms with E-state index in [1.165, 1.54) is 0 Å². The summed E-state index contributed by atoms with van der Waals surface area (Å²) in [4.78, 5) is 0. The van der Waals surface area contributed by atoms with E-state index in [9.17, 15) is 0 Å². The lowest BCUT2D eigenvalue weighted by Crippen LogP contribution is -2.37. The van der Waals surface area contributed by atoms with E-state index in [1.807, 2.05) is 121 Å². The maximum Gasteiger partial charge on any atom is 0.235 e. The van der Waals surface area contributed by atoms with Gasteiger partial charge < -0.3 is 9.47 Å². The first-order valence-corrected chi connectivity index (χ1v) is 15.8. The fourth-order valence-corrected chi connectivity index (χ4v) is 12.0. The van der Waals surface area contributed by atoms with Crippen LogP contribution in [0.25, 0.3) is 0 Å². The zero-order valence-corrected chi connectivity index (χ0v) is 23.5. The van der Waals surface area contributed by atoms with Crippen LogP contribution in [0.1, 0.15) is 0 Å². The lowest BCUT2D eigenvalue weighted by Gasteiger charge is -2.40. The van der Waals surface area contributed by atoms with Crippen molar-refractivity contribution in [3.63, 3.8) is 0 Å². The molecule has 5 aromatic carbocycles. The average Bonchev–Trinajstić information content (AvgIpc) is 3.02. The summed E-state index contributed by atoms with van der Waals surface area (Å²) in [5, 5.41) is 2.27. The van der Waals surface area contributed by atoms with Gasteiger partial charge in [-0.15, -0.1) is 0 Å². The van der Waals surface area contributed by atoms with E-state index in [2.05, 4.69) is 0 Å². The third-order valence-electron chi connectivity index (χ3n) is 6.56. The number of hydrogen-bond acceptors (Lipinski definition) is 4. The van der Waals surface area contributed by atoms with Crippen molar-refractivity contribution in [3.8, 4) is 11.5 Å². The second-order valence-electron chi connectivity index (χ2n) is 8.82. The highest BCUT2D eigenvalue weighted by Crippen LogP contribution is 2.66. The number of anilines is 1. The molecule has 0 N–H and O–H groups in total. The van der Waals surface area contributed by atoms with Crippen LogP contribution >= 0.6 is 14.6 Å². The molecule has 0 atom stereocenters. The van der Waals surface area contributed by atoms with Gasteiger partial charge in [-0.2, -0.15) is 0 Å². The van der Waals surface area contributed by atoms with Gasteiger partial charge in [0.05, 0.1) is 19.9 Å². The fourth-order valence-electron chi connectivity index (χ4n) is 4.71. The van der Waals surface area contributed by atoms with E-state index in [4.69, 9.17) is 9.47 Å². The van der Waals surface area contributed by atoms with Crippen molar-refractivity contribution in [3.05, 3.63) is 140 Å². The monoisotopic (exact) mass is 553 g/mol. The van der Waals surface area contributed by atoms with Crippen molar-refractivity contribution < 1.29 is 18.6 Å². The first-order valence-electron chi connectivity index (χ1n) is 12.5. The molecule has 196 valence electrons. The molecule has 5 rings (SSSR count). The Kier molecular flexibility index (Phi) is 7.74. The molecule has 0 radical (unpaired) electrons. The van der Waals surface area contributed by atoms with Crippen molar-refractivity contribution in [1.29, 1.82) is 0 Å². The summed E-state index contributed by atoms with van der Waals surface area (Å²) in [7, 11) is -4.47. The Morgan fingerprint density at radius 1 is 0.462 bits per heavy atom. The molecule has 0 saturated carbocycles. The normalized spacial score (nSPS) is 11.5. The molecule has 0 aliphatic heterocycles. The zero-order chi connectivity index (χ0) is 27.3. The number of nitrogens with zero attached hydrogens (tertiary/aromatic N) is 1. The van der Waals surface area contributed by atoms with E-state index >= 15 is 9.13 Å². The molecule has 0 saturated heterocycles. The molecule has 0 unspecified atom stereocenters. The molecule has 39 heavy (non-hydrogen) atoms. The van der Waals surface area contributed by atoms with Crippen LogP contribution in [0.15, 0.2) is 140 Å². The minimum atomic E-state index is -3.79. The highest BCUT2D eigenvalue weighted by molar-refractivity contribution is 7.96. The summed E-state index contributed by atoms with van der Waals surface area (Å²) in [6.07, 6.45) is 0. The molecule has 7 heteroatoms. The summed E-state index contributed by atoms with van der Waals surface area (Å²) >= 11 is 0. The quantitative estimate of drug-likeness (QED) is 0.199. The fraction of sp³-hybridized carbons (Fsp3) is 0.0625. The van der Waals surface area contributed by atoms with Gasteiger partial charge in [-0.3, -0.25) is 13.6 Å². The molecule has 0 aromatic heterocycles. The van der Waals surface area contributed by atoms with Gasteiger partial charge in [0.2, 0.25) is 14.6 Å². The minimum absolute atomic E-state index is 0.445. The molecular weight excluding hydrogens is 524 g/mol. The summed E-state index contributed by atoms with van der Waals surface area (Å²) in [5.41, 5.74) is 0.486. The summed E-state index contributed by atoms with van der Waals surface area (Å²) in [6.45, 7) is 0. The maximum atomic E-state index is 15.9. The van der Waals surface area contributed by atoms with Crippen molar-refractivity contribution in [1.82, 2.24) is 0 Å². The maximum absolute atomic E-state index is 15.9. The third kappa shape index (κ3) is 4.81. The van der Waals surface area contributed by atoms with Gasteiger partial charge >= 0.3 is 0 Å². The van der Waals surface area contributed by atoms with Crippen LogP contribution in [-0.4, -0.2) is 14.2 Å². The van der Waals surface area contributed by atoms with Crippen LogP contribution in [0.4, 0.5) is 5.69 Å². The van der Waals surface area contributed by atoms with Gasteiger partial charge in [-0.25, -0.2) is 0 Å². The van der Waals surface area contributed by atoms with Crippen LogP contribution in [-0.2, 0) is 9.13 Å². The Morgan fingerprint density at radius 3 is 1.10 bits per heavy atom. The molecule has 0 heterocycles. The molecule has 0 amide bonds. The van der Waals surface area contributed by atoms with Crippen LogP contribution in [0.3, 0.4) is 0 Å². The molecule has 0 aliphatic rings. The molecule has 0 spiro atoms. The third-order valence-corrected chi connectivity index (χ3v) is 13.6. The highest BCUT2D eigenvalue weighted by Gasteiger charge is 2.47. The number of benzene rings is 5. The number of hydrogen-bond donors (Lipinski definition) is 0. The highest BCUT2D eigenvalue weighted by atomic mass is 31.2. The molecule has 0 bridgehead atoms. The topological polar surface area (TPSA) is 55.8 Å². The lowest BCUT2D eigenvalue weighted by molar-refractivity contribution is 0.355. The Morgan fingerprint density at radius 2 is 0.795 bits per heavy atom. The van der Waals surface area contributed by atoms with Crippen LogP contribution in [0.5, 0.6) is 11.5 Å². The van der Waals surface area contributed by atoms with Crippen molar-refractivity contribution >= 4 is 41.5 Å². The van der Waals surface area contributed by atoms with Gasteiger partial charge in [0.25, 0.3) is 0 Å². The first-order chi connectivity index (χ1) is 19.0. The minimum Gasteiger partial charge on any atom is -0.493 e. The molecule has 0 aliphatic carbocycles. The van der Waals surface area contributed by atoms with Gasteiger partial charge in [-0.1, -0.05) is 72.8 Å². The molecule has 5 aromatic rings. The number of methoxy groups -OCH3 is 2. The predicted octanol–water partition coefficient (Wildman–Crippen LogP) is 6.37. The summed E-state index contributed by atoms with van der Waals surface area (Å²) in [5.74, 6) is 0.963. The van der Waals surface area contributed by atoms with Gasteiger partial charge in [0, 0.05) is 27.3 Å². The zero-order valence-electron chi connectivity index (χ0n) is 21.8. The predicted molar refractivity (Wildman–Crippen MR) is 162 cm³/mol. The van der Waals surface area contributed by atoms with E-state index in [0.29, 0.717) is 38.4 Å². The number of rotatable bonds is 9. The Labute approximate surface area is 229 Å². The van der Waals surface area contributed by atoms with Crippen LogP contribution < -0.4 is 35.1 Å². The molecule has 0 fully saturated rings. The Bertz CT molecular complexity index is 1450. The van der Waals surface area contributed by atoms with Crippen molar-refractivity contribution in [2.75, 3.05) is 18.7 Å². The van der Waals surface area contributed by atoms with Gasteiger partial charge in [0.15, 0.2) is 11.5 Å². The second kappa shape index (κ2) is 11.4. The van der Waals surface area contributed by atoms with E-state index in [-0.39, 0.29) is 0 Å². The van der Waals surface area contributed by atoms with Gasteiger partial charge in [-0.05, 0) is 60.7 Å².